The van der Waals surface area contributed by atoms with Crippen LogP contribution >= 0.6 is 0 Å². The number of nitrogens with one attached hydrogen (secondary N) is 1. The largest absolute Gasteiger partial charge is 0.365 e. The first-order valence-electron chi connectivity index (χ1n) is 6.93. The Morgan fingerprint density at radius 1 is 1.33 bits per heavy atom. The zero-order valence-corrected chi connectivity index (χ0v) is 11.6. The Balaban J connectivity index is 1.65. The predicted octanol–water partition coefficient (Wildman–Crippen LogP) is -1.36. The first-order valence-corrected chi connectivity index (χ1v) is 6.93. The van der Waals surface area contributed by atoms with Gasteiger partial charge in [0.2, 0.25) is 11.9 Å². The molecule has 112 valence electrons. The normalized spacial score (nSPS) is 22.9. The lowest BCUT2D eigenvalue weighted by atomic mass is 10.2. The van der Waals surface area contributed by atoms with Gasteiger partial charge in [-0.3, -0.25) is 9.59 Å². The summed E-state index contributed by atoms with van der Waals surface area (Å²) in [6, 6.07) is 1.75. The van der Waals surface area contributed by atoms with Crippen molar-refractivity contribution in [2.75, 3.05) is 44.2 Å². The van der Waals surface area contributed by atoms with E-state index >= 15 is 0 Å². The molecular weight excluding hydrogens is 274 g/mol. The number of carbonyl (C=O) groups is 2. The van der Waals surface area contributed by atoms with Gasteiger partial charge >= 0.3 is 0 Å². The average molecular weight is 291 g/mol. The minimum atomic E-state index is -0.576. The average Bonchev–Trinajstić information content (AvgIpc) is 2.55. The minimum Gasteiger partial charge on any atom is -0.365 e. The summed E-state index contributed by atoms with van der Waals surface area (Å²) < 4.78 is 5.56. The van der Waals surface area contributed by atoms with E-state index in [1.807, 2.05) is 4.90 Å². The van der Waals surface area contributed by atoms with Crippen molar-refractivity contribution in [1.82, 2.24) is 20.2 Å². The number of hydrogen-bond acceptors (Lipinski definition) is 6. The van der Waals surface area contributed by atoms with Crippen molar-refractivity contribution in [3.63, 3.8) is 0 Å². The second-order valence-corrected chi connectivity index (χ2v) is 4.96. The molecule has 2 saturated heterocycles. The van der Waals surface area contributed by atoms with Crippen molar-refractivity contribution < 1.29 is 14.3 Å². The van der Waals surface area contributed by atoms with Crippen LogP contribution in [-0.2, 0) is 14.3 Å². The fraction of sp³-hybridized carbons (Fsp3) is 0.538. The molecule has 2 fully saturated rings. The Hall–Kier alpha value is -2.22. The Bertz CT molecular complexity index is 524. The van der Waals surface area contributed by atoms with Gasteiger partial charge in [-0.05, 0) is 6.07 Å². The molecule has 21 heavy (non-hydrogen) atoms. The van der Waals surface area contributed by atoms with Gasteiger partial charge in [-0.1, -0.05) is 0 Å². The van der Waals surface area contributed by atoms with Crippen molar-refractivity contribution in [3.8, 4) is 0 Å². The molecule has 2 aliphatic rings. The maximum absolute atomic E-state index is 12.4. The van der Waals surface area contributed by atoms with Gasteiger partial charge in [0.05, 0.1) is 19.7 Å². The van der Waals surface area contributed by atoms with Crippen molar-refractivity contribution in [1.29, 1.82) is 0 Å². The highest BCUT2D eigenvalue weighted by atomic mass is 16.5. The number of carbonyl (C=O) groups excluding carboxylic acids is 2. The van der Waals surface area contributed by atoms with Gasteiger partial charge < -0.3 is 19.9 Å². The maximum atomic E-state index is 12.4. The van der Waals surface area contributed by atoms with Crippen LogP contribution in [0.15, 0.2) is 18.5 Å². The summed E-state index contributed by atoms with van der Waals surface area (Å²) in [5.41, 5.74) is 0. The molecule has 2 amide bonds. The first-order chi connectivity index (χ1) is 10.2. The van der Waals surface area contributed by atoms with Crippen molar-refractivity contribution in [2.45, 2.75) is 6.10 Å². The number of amides is 2. The van der Waals surface area contributed by atoms with Gasteiger partial charge in [-0.25, -0.2) is 9.97 Å². The van der Waals surface area contributed by atoms with Gasteiger partial charge in [-0.15, -0.1) is 0 Å². The number of nitrogens with zero attached hydrogens (tertiary/aromatic N) is 4. The number of morpholine rings is 1. The quantitative estimate of drug-likeness (QED) is 0.724. The summed E-state index contributed by atoms with van der Waals surface area (Å²) in [5, 5.41) is 2.70. The molecule has 1 unspecified atom stereocenters. The zero-order chi connectivity index (χ0) is 14.7. The second kappa shape index (κ2) is 6.04. The number of ether oxygens (including phenoxy) is 1. The van der Waals surface area contributed by atoms with Crippen LogP contribution in [0.1, 0.15) is 0 Å². The highest BCUT2D eigenvalue weighted by Crippen LogP contribution is 2.14. The molecule has 0 spiro atoms. The summed E-state index contributed by atoms with van der Waals surface area (Å²) in [6.45, 7) is 2.60. The molecule has 0 aliphatic carbocycles. The molecule has 1 N–H and O–H groups in total. The van der Waals surface area contributed by atoms with Crippen LogP contribution in [0.3, 0.4) is 0 Å². The van der Waals surface area contributed by atoms with Gasteiger partial charge in [0.15, 0.2) is 6.10 Å². The van der Waals surface area contributed by atoms with Gasteiger partial charge in [0.1, 0.15) is 0 Å². The van der Waals surface area contributed by atoms with E-state index in [-0.39, 0.29) is 18.4 Å². The van der Waals surface area contributed by atoms with E-state index in [2.05, 4.69) is 15.3 Å². The SMILES string of the molecule is O=C1CN(C(=O)C2CN(c3ncccn3)CCO2)CCN1. The smallest absolute Gasteiger partial charge is 0.254 e. The Labute approximate surface area is 122 Å². The van der Waals surface area contributed by atoms with Crippen LogP contribution in [0.2, 0.25) is 0 Å². The molecule has 1 aromatic heterocycles. The van der Waals surface area contributed by atoms with Crippen molar-refractivity contribution in [3.05, 3.63) is 18.5 Å². The molecule has 1 aromatic rings. The van der Waals surface area contributed by atoms with E-state index in [9.17, 15) is 9.59 Å². The summed E-state index contributed by atoms with van der Waals surface area (Å²) in [6.07, 6.45) is 2.76. The first kappa shape index (κ1) is 13.7. The fourth-order valence-electron chi connectivity index (χ4n) is 2.47. The number of aromatic nitrogens is 2. The highest BCUT2D eigenvalue weighted by Gasteiger charge is 2.33. The number of rotatable bonds is 2. The lowest BCUT2D eigenvalue weighted by Gasteiger charge is -2.35. The topological polar surface area (TPSA) is 87.7 Å². The van der Waals surface area contributed by atoms with Crippen LogP contribution < -0.4 is 10.2 Å². The maximum Gasteiger partial charge on any atom is 0.254 e. The van der Waals surface area contributed by atoms with Crippen LogP contribution in [0.5, 0.6) is 0 Å². The summed E-state index contributed by atoms with van der Waals surface area (Å²) in [4.78, 5) is 35.6. The van der Waals surface area contributed by atoms with E-state index in [0.717, 1.165) is 0 Å². The van der Waals surface area contributed by atoms with Crippen LogP contribution in [0, 0.1) is 0 Å². The van der Waals surface area contributed by atoms with Crippen molar-refractivity contribution in [2.24, 2.45) is 0 Å². The summed E-state index contributed by atoms with van der Waals surface area (Å²) >= 11 is 0. The van der Waals surface area contributed by atoms with E-state index in [0.29, 0.717) is 38.7 Å². The molecule has 1 atom stereocenters. The van der Waals surface area contributed by atoms with Gasteiger partial charge in [0.25, 0.3) is 5.91 Å². The van der Waals surface area contributed by atoms with E-state index in [1.54, 1.807) is 23.4 Å². The van der Waals surface area contributed by atoms with Gasteiger partial charge in [0, 0.05) is 32.0 Å². The Morgan fingerprint density at radius 2 is 2.14 bits per heavy atom. The fourth-order valence-corrected chi connectivity index (χ4v) is 2.47. The molecule has 2 aliphatic heterocycles. The molecule has 3 rings (SSSR count). The molecule has 0 saturated carbocycles. The standard InChI is InChI=1S/C13H17N5O3/c19-11-9-17(5-4-14-11)12(20)10-8-18(6-7-21-10)13-15-2-1-3-16-13/h1-3,10H,4-9H2,(H,14,19). The lowest BCUT2D eigenvalue weighted by Crippen LogP contribution is -2.56. The molecule has 0 aromatic carbocycles. The Morgan fingerprint density at radius 3 is 2.90 bits per heavy atom. The Kier molecular flexibility index (Phi) is 3.96. The van der Waals surface area contributed by atoms with E-state index in [1.165, 1.54) is 0 Å². The molecule has 0 radical (unpaired) electrons. The van der Waals surface area contributed by atoms with Gasteiger partial charge in [-0.2, -0.15) is 0 Å². The third kappa shape index (κ3) is 3.10. The minimum absolute atomic E-state index is 0.0977. The monoisotopic (exact) mass is 291 g/mol. The molecule has 3 heterocycles. The second-order valence-electron chi connectivity index (χ2n) is 4.96. The third-order valence-electron chi connectivity index (χ3n) is 3.53. The lowest BCUT2D eigenvalue weighted by molar-refractivity contribution is -0.148. The van der Waals surface area contributed by atoms with Crippen LogP contribution in [-0.4, -0.2) is 72.1 Å². The summed E-state index contributed by atoms with van der Waals surface area (Å²) in [7, 11) is 0. The zero-order valence-electron chi connectivity index (χ0n) is 11.6. The van der Waals surface area contributed by atoms with Crippen LogP contribution in [0.4, 0.5) is 5.95 Å². The molecule has 0 bridgehead atoms. The van der Waals surface area contributed by atoms with E-state index < -0.39 is 6.10 Å². The summed E-state index contributed by atoms with van der Waals surface area (Å²) in [5.74, 6) is 0.314. The van der Waals surface area contributed by atoms with Crippen molar-refractivity contribution >= 4 is 17.8 Å². The number of anilines is 1. The molecule has 8 heteroatoms. The third-order valence-corrected chi connectivity index (χ3v) is 3.53. The number of hydrogen-bond donors (Lipinski definition) is 1. The highest BCUT2D eigenvalue weighted by molar-refractivity contribution is 5.88. The van der Waals surface area contributed by atoms with Crippen LogP contribution in [0.25, 0.3) is 0 Å². The predicted molar refractivity (Wildman–Crippen MR) is 73.6 cm³/mol. The molecular formula is C13H17N5O3. The number of piperazine rings is 1. The molecule has 8 nitrogen and oxygen atoms in total. The van der Waals surface area contributed by atoms with E-state index in [4.69, 9.17) is 4.74 Å².